The third-order valence-electron chi connectivity index (χ3n) is 3.92. The molecule has 0 aliphatic heterocycles. The van der Waals surface area contributed by atoms with Crippen LogP contribution in [0.2, 0.25) is 0 Å². The van der Waals surface area contributed by atoms with Crippen molar-refractivity contribution in [2.45, 2.75) is 33.8 Å². The lowest BCUT2D eigenvalue weighted by atomic mass is 10.1. The first-order valence-corrected chi connectivity index (χ1v) is 8.11. The summed E-state index contributed by atoms with van der Waals surface area (Å²) >= 11 is 0. The van der Waals surface area contributed by atoms with Gasteiger partial charge < -0.3 is 15.0 Å². The Morgan fingerprint density at radius 2 is 1.79 bits per heavy atom. The molecular formula is C20H22N2O2. The van der Waals surface area contributed by atoms with Gasteiger partial charge in [0.25, 0.3) is 5.91 Å². The maximum Gasteiger partial charge on any atom is 0.272 e. The van der Waals surface area contributed by atoms with E-state index in [0.29, 0.717) is 5.69 Å². The lowest BCUT2D eigenvalue weighted by Gasteiger charge is -2.10. The molecule has 0 unspecified atom stereocenters. The van der Waals surface area contributed by atoms with Crippen LogP contribution in [0, 0.1) is 13.8 Å². The molecule has 0 fully saturated rings. The molecule has 1 heterocycles. The van der Waals surface area contributed by atoms with Crippen molar-refractivity contribution in [3.05, 3.63) is 59.3 Å². The van der Waals surface area contributed by atoms with Gasteiger partial charge in [-0.1, -0.05) is 12.1 Å². The van der Waals surface area contributed by atoms with Gasteiger partial charge in [-0.15, -0.1) is 0 Å². The minimum Gasteiger partial charge on any atom is -0.491 e. The largest absolute Gasteiger partial charge is 0.491 e. The number of anilines is 1. The van der Waals surface area contributed by atoms with Crippen LogP contribution in [0.15, 0.2) is 42.5 Å². The number of aromatic amines is 1. The fourth-order valence-electron chi connectivity index (χ4n) is 2.76. The maximum atomic E-state index is 12.6. The zero-order chi connectivity index (χ0) is 17.3. The highest BCUT2D eigenvalue weighted by atomic mass is 16.5. The summed E-state index contributed by atoms with van der Waals surface area (Å²) in [4.78, 5) is 15.8. The Labute approximate surface area is 141 Å². The quantitative estimate of drug-likeness (QED) is 0.723. The second-order valence-corrected chi connectivity index (χ2v) is 6.32. The molecular weight excluding hydrogens is 300 g/mol. The number of amides is 1. The van der Waals surface area contributed by atoms with Crippen molar-refractivity contribution in [3.63, 3.8) is 0 Å². The minimum atomic E-state index is -0.140. The van der Waals surface area contributed by atoms with E-state index in [1.54, 1.807) is 0 Å². The van der Waals surface area contributed by atoms with Crippen LogP contribution < -0.4 is 10.1 Å². The zero-order valence-electron chi connectivity index (χ0n) is 14.4. The predicted octanol–water partition coefficient (Wildman–Crippen LogP) is 4.82. The summed E-state index contributed by atoms with van der Waals surface area (Å²) in [6.07, 6.45) is 0.128. The molecule has 0 spiro atoms. The Bertz CT molecular complexity index is 877. The molecule has 2 N–H and O–H groups in total. The Balaban J connectivity index is 1.81. The van der Waals surface area contributed by atoms with Gasteiger partial charge in [-0.25, -0.2) is 0 Å². The highest BCUT2D eigenvalue weighted by molar-refractivity contribution is 6.07. The molecule has 0 aliphatic rings. The Morgan fingerprint density at radius 3 is 2.46 bits per heavy atom. The molecule has 1 aromatic heterocycles. The van der Waals surface area contributed by atoms with Gasteiger partial charge in [-0.3, -0.25) is 4.79 Å². The van der Waals surface area contributed by atoms with Gasteiger partial charge in [0, 0.05) is 16.6 Å². The third kappa shape index (κ3) is 3.27. The number of aromatic nitrogens is 1. The molecule has 124 valence electrons. The van der Waals surface area contributed by atoms with Crippen LogP contribution in [-0.4, -0.2) is 17.0 Å². The Kier molecular flexibility index (Phi) is 4.30. The number of hydrogen-bond acceptors (Lipinski definition) is 2. The molecule has 1 amide bonds. The molecule has 3 aromatic rings. The van der Waals surface area contributed by atoms with E-state index in [0.717, 1.165) is 33.5 Å². The molecule has 0 aliphatic carbocycles. The summed E-state index contributed by atoms with van der Waals surface area (Å²) in [6.45, 7) is 7.96. The first kappa shape index (κ1) is 16.1. The van der Waals surface area contributed by atoms with E-state index in [-0.39, 0.29) is 12.0 Å². The number of fused-ring (bicyclic) bond motifs is 1. The molecule has 0 bridgehead atoms. The fraction of sp³-hybridized carbons (Fsp3) is 0.250. The molecule has 0 atom stereocenters. The van der Waals surface area contributed by atoms with E-state index in [4.69, 9.17) is 4.74 Å². The maximum absolute atomic E-state index is 12.6. The number of rotatable bonds is 4. The molecule has 0 saturated heterocycles. The zero-order valence-corrected chi connectivity index (χ0v) is 14.4. The van der Waals surface area contributed by atoms with Gasteiger partial charge in [0.05, 0.1) is 6.10 Å². The van der Waals surface area contributed by atoms with E-state index >= 15 is 0 Å². The van der Waals surface area contributed by atoms with Gasteiger partial charge in [-0.05, 0) is 69.2 Å². The van der Waals surface area contributed by atoms with E-state index in [1.165, 1.54) is 0 Å². The topological polar surface area (TPSA) is 54.1 Å². The van der Waals surface area contributed by atoms with Gasteiger partial charge >= 0.3 is 0 Å². The summed E-state index contributed by atoms with van der Waals surface area (Å²) in [7, 11) is 0. The van der Waals surface area contributed by atoms with E-state index in [2.05, 4.69) is 22.4 Å². The van der Waals surface area contributed by atoms with Crippen LogP contribution in [0.1, 0.15) is 35.5 Å². The highest BCUT2D eigenvalue weighted by Crippen LogP contribution is 2.24. The van der Waals surface area contributed by atoms with Crippen molar-refractivity contribution in [1.82, 2.24) is 4.98 Å². The number of hydrogen-bond donors (Lipinski definition) is 2. The van der Waals surface area contributed by atoms with Gasteiger partial charge in [0.15, 0.2) is 0 Å². The van der Waals surface area contributed by atoms with Gasteiger partial charge in [0.2, 0.25) is 0 Å². The number of nitrogens with one attached hydrogen (secondary N) is 2. The van der Waals surface area contributed by atoms with Gasteiger partial charge in [0.1, 0.15) is 11.4 Å². The average molecular weight is 322 g/mol. The van der Waals surface area contributed by atoms with E-state index < -0.39 is 0 Å². The molecule has 4 heteroatoms. The highest BCUT2D eigenvalue weighted by Gasteiger charge is 2.15. The summed E-state index contributed by atoms with van der Waals surface area (Å²) in [5.74, 6) is 0.652. The van der Waals surface area contributed by atoms with Crippen LogP contribution in [0.3, 0.4) is 0 Å². The standard InChI is InChI=1S/C20H22N2O2/c1-12(2)24-16-8-6-15(7-9-16)21-20(23)19-14(4)17-10-5-13(3)11-18(17)22-19/h5-12,22H,1-4H3,(H,21,23). The van der Waals surface area contributed by atoms with Crippen LogP contribution in [0.5, 0.6) is 5.75 Å². The second kappa shape index (κ2) is 6.40. The fourth-order valence-corrected chi connectivity index (χ4v) is 2.76. The summed E-state index contributed by atoms with van der Waals surface area (Å²) in [5, 5.41) is 4.00. The average Bonchev–Trinajstić information content (AvgIpc) is 2.85. The van der Waals surface area contributed by atoms with Crippen molar-refractivity contribution < 1.29 is 9.53 Å². The predicted molar refractivity (Wildman–Crippen MR) is 97.9 cm³/mol. The SMILES string of the molecule is Cc1ccc2c(C)c(C(=O)Nc3ccc(OC(C)C)cc3)[nH]c2c1. The molecule has 0 radical (unpaired) electrons. The van der Waals surface area contributed by atoms with Crippen molar-refractivity contribution in [2.24, 2.45) is 0 Å². The molecule has 0 saturated carbocycles. The third-order valence-corrected chi connectivity index (χ3v) is 3.92. The first-order valence-electron chi connectivity index (χ1n) is 8.11. The van der Waals surface area contributed by atoms with Crippen molar-refractivity contribution in [2.75, 3.05) is 5.32 Å². The van der Waals surface area contributed by atoms with E-state index in [9.17, 15) is 4.79 Å². The number of carbonyl (C=O) groups is 1. The Morgan fingerprint density at radius 1 is 1.08 bits per heavy atom. The molecule has 4 nitrogen and oxygen atoms in total. The molecule has 3 rings (SSSR count). The number of ether oxygens (including phenoxy) is 1. The van der Waals surface area contributed by atoms with Crippen molar-refractivity contribution >= 4 is 22.5 Å². The summed E-state index contributed by atoms with van der Waals surface area (Å²) in [5.41, 5.74) is 4.44. The number of benzene rings is 2. The first-order chi connectivity index (χ1) is 11.4. The van der Waals surface area contributed by atoms with Crippen molar-refractivity contribution in [1.29, 1.82) is 0 Å². The van der Waals surface area contributed by atoms with E-state index in [1.807, 2.05) is 58.0 Å². The molecule has 24 heavy (non-hydrogen) atoms. The number of H-pyrrole nitrogens is 1. The number of carbonyl (C=O) groups excluding carboxylic acids is 1. The Hall–Kier alpha value is -2.75. The normalized spacial score (nSPS) is 11.0. The van der Waals surface area contributed by atoms with Crippen LogP contribution in [0.25, 0.3) is 10.9 Å². The van der Waals surface area contributed by atoms with Crippen LogP contribution in [-0.2, 0) is 0 Å². The monoisotopic (exact) mass is 322 g/mol. The lowest BCUT2D eigenvalue weighted by molar-refractivity contribution is 0.102. The van der Waals surface area contributed by atoms with Crippen LogP contribution >= 0.6 is 0 Å². The lowest BCUT2D eigenvalue weighted by Crippen LogP contribution is -2.13. The summed E-state index contributed by atoms with van der Waals surface area (Å²) < 4.78 is 5.61. The second-order valence-electron chi connectivity index (χ2n) is 6.32. The number of aryl methyl sites for hydroxylation is 2. The molecule has 2 aromatic carbocycles. The summed E-state index contributed by atoms with van der Waals surface area (Å²) in [6, 6.07) is 13.6. The smallest absolute Gasteiger partial charge is 0.272 e. The van der Waals surface area contributed by atoms with Gasteiger partial charge in [-0.2, -0.15) is 0 Å². The van der Waals surface area contributed by atoms with Crippen molar-refractivity contribution in [3.8, 4) is 5.75 Å². The van der Waals surface area contributed by atoms with Crippen LogP contribution in [0.4, 0.5) is 5.69 Å². The minimum absolute atomic E-state index is 0.128.